The van der Waals surface area contributed by atoms with Crippen LogP contribution in [0.3, 0.4) is 0 Å². The molecular formula is C17H21N5O2. The average Bonchev–Trinajstić information content (AvgIpc) is 3.27. The summed E-state index contributed by atoms with van der Waals surface area (Å²) in [6, 6.07) is 6.18. The highest BCUT2D eigenvalue weighted by atomic mass is 16.5. The number of hydrogen-bond donors (Lipinski definition) is 0. The van der Waals surface area contributed by atoms with Gasteiger partial charge in [-0.3, -0.25) is 9.58 Å². The minimum absolute atomic E-state index is 0.118. The lowest BCUT2D eigenvalue weighted by Crippen LogP contribution is -2.26. The van der Waals surface area contributed by atoms with Crippen molar-refractivity contribution in [1.29, 1.82) is 0 Å². The molecule has 0 aliphatic carbocycles. The lowest BCUT2D eigenvalue weighted by Gasteiger charge is -2.20. The summed E-state index contributed by atoms with van der Waals surface area (Å²) in [7, 11) is 0. The minimum atomic E-state index is 0.118. The summed E-state index contributed by atoms with van der Waals surface area (Å²) in [4.78, 5) is 6.77. The first-order valence-electron chi connectivity index (χ1n) is 8.32. The van der Waals surface area contributed by atoms with Gasteiger partial charge in [-0.1, -0.05) is 12.1 Å². The summed E-state index contributed by atoms with van der Waals surface area (Å²) in [5.74, 6) is 3.47. The maximum Gasteiger partial charge on any atom is 0.232 e. The summed E-state index contributed by atoms with van der Waals surface area (Å²) in [6.45, 7) is 7.10. The van der Waals surface area contributed by atoms with Crippen LogP contribution in [-0.4, -0.2) is 31.4 Å². The maximum atomic E-state index is 5.88. The lowest BCUT2D eigenvalue weighted by atomic mass is 10.1. The second-order valence-corrected chi connectivity index (χ2v) is 6.27. The van der Waals surface area contributed by atoms with E-state index in [9.17, 15) is 0 Å². The molecule has 0 N–H and O–H groups in total. The van der Waals surface area contributed by atoms with Gasteiger partial charge in [0.05, 0.1) is 24.7 Å². The summed E-state index contributed by atoms with van der Waals surface area (Å²) in [6.07, 6.45) is 2.76. The zero-order valence-electron chi connectivity index (χ0n) is 14.0. The molecule has 0 bridgehead atoms. The number of aromatic nitrogens is 4. The van der Waals surface area contributed by atoms with Gasteiger partial charge >= 0.3 is 0 Å². The molecule has 126 valence electrons. The Labute approximate surface area is 140 Å². The number of rotatable bonds is 4. The van der Waals surface area contributed by atoms with E-state index in [-0.39, 0.29) is 5.92 Å². The average molecular weight is 327 g/mol. The van der Waals surface area contributed by atoms with Crippen molar-refractivity contribution in [3.63, 3.8) is 0 Å². The van der Waals surface area contributed by atoms with Gasteiger partial charge in [0.2, 0.25) is 5.89 Å². The van der Waals surface area contributed by atoms with E-state index in [0.29, 0.717) is 11.7 Å². The molecule has 1 unspecified atom stereocenters. The van der Waals surface area contributed by atoms with E-state index in [4.69, 9.17) is 8.94 Å². The Bertz CT molecular complexity index is 818. The molecule has 4 rings (SSSR count). The molecule has 7 nitrogen and oxygen atoms in total. The predicted molar refractivity (Wildman–Crippen MR) is 86.2 cm³/mol. The molecule has 1 atom stereocenters. The molecule has 7 heteroatoms. The van der Waals surface area contributed by atoms with Gasteiger partial charge in [0, 0.05) is 25.7 Å². The Morgan fingerprint density at radius 1 is 1.21 bits per heavy atom. The van der Waals surface area contributed by atoms with Gasteiger partial charge < -0.3 is 8.94 Å². The van der Waals surface area contributed by atoms with E-state index in [0.717, 1.165) is 44.1 Å². The molecule has 1 aliphatic rings. The van der Waals surface area contributed by atoms with E-state index < -0.39 is 0 Å². The van der Waals surface area contributed by atoms with Crippen LogP contribution in [0.25, 0.3) is 0 Å². The number of furan rings is 1. The molecule has 0 spiro atoms. The largest absolute Gasteiger partial charge is 0.465 e. The standard InChI is InChI=1S/C17H21N5O2/c1-3-15-4-5-16(23-15)11-21-8-13(17-19-12(2)20-24-17)9-22-14(10-21)6-7-18-22/h4-7,13H,3,8-11H2,1-2H3. The molecule has 0 radical (unpaired) electrons. The molecule has 4 heterocycles. The van der Waals surface area contributed by atoms with Crippen molar-refractivity contribution in [3.05, 3.63) is 53.3 Å². The van der Waals surface area contributed by atoms with Crippen molar-refractivity contribution in [2.75, 3.05) is 6.54 Å². The third-order valence-corrected chi connectivity index (χ3v) is 4.40. The quantitative estimate of drug-likeness (QED) is 0.733. The summed E-state index contributed by atoms with van der Waals surface area (Å²) >= 11 is 0. The highest BCUT2D eigenvalue weighted by Crippen LogP contribution is 2.25. The van der Waals surface area contributed by atoms with Crippen molar-refractivity contribution in [3.8, 4) is 0 Å². The third kappa shape index (κ3) is 2.99. The van der Waals surface area contributed by atoms with E-state index in [1.807, 2.05) is 17.8 Å². The second kappa shape index (κ2) is 6.24. The molecule has 1 aliphatic heterocycles. The third-order valence-electron chi connectivity index (χ3n) is 4.40. The highest BCUT2D eigenvalue weighted by Gasteiger charge is 2.27. The monoisotopic (exact) mass is 327 g/mol. The van der Waals surface area contributed by atoms with Crippen LogP contribution in [0.1, 0.15) is 41.8 Å². The van der Waals surface area contributed by atoms with Crippen molar-refractivity contribution in [2.24, 2.45) is 0 Å². The molecule has 0 saturated carbocycles. The second-order valence-electron chi connectivity index (χ2n) is 6.27. The van der Waals surface area contributed by atoms with Gasteiger partial charge in [0.25, 0.3) is 0 Å². The molecule has 3 aromatic rings. The summed E-state index contributed by atoms with van der Waals surface area (Å²) < 4.78 is 13.3. The first kappa shape index (κ1) is 15.1. The van der Waals surface area contributed by atoms with Crippen molar-refractivity contribution >= 4 is 0 Å². The van der Waals surface area contributed by atoms with Crippen LogP contribution in [0.15, 0.2) is 33.3 Å². The van der Waals surface area contributed by atoms with Crippen molar-refractivity contribution in [1.82, 2.24) is 24.8 Å². The molecule has 3 aromatic heterocycles. The Kier molecular flexibility index (Phi) is 3.93. The zero-order chi connectivity index (χ0) is 16.5. The first-order chi connectivity index (χ1) is 11.7. The van der Waals surface area contributed by atoms with E-state index >= 15 is 0 Å². The van der Waals surface area contributed by atoms with Crippen LogP contribution in [0.4, 0.5) is 0 Å². The lowest BCUT2D eigenvalue weighted by molar-refractivity contribution is 0.210. The molecule has 0 saturated heterocycles. The fraction of sp³-hybridized carbons (Fsp3) is 0.471. The normalized spacial score (nSPS) is 18.5. The van der Waals surface area contributed by atoms with E-state index in [1.165, 1.54) is 5.69 Å². The van der Waals surface area contributed by atoms with E-state index in [1.54, 1.807) is 0 Å². The maximum absolute atomic E-state index is 5.88. The smallest absolute Gasteiger partial charge is 0.232 e. The van der Waals surface area contributed by atoms with Gasteiger partial charge in [0.1, 0.15) is 11.5 Å². The SMILES string of the molecule is CCc1ccc(CN2Cc3ccnn3CC(c3nc(C)no3)C2)o1. The Balaban J connectivity index is 1.59. The summed E-state index contributed by atoms with van der Waals surface area (Å²) in [5.41, 5.74) is 1.19. The Morgan fingerprint density at radius 2 is 2.08 bits per heavy atom. The Morgan fingerprint density at radius 3 is 2.83 bits per heavy atom. The van der Waals surface area contributed by atoms with E-state index in [2.05, 4.69) is 45.3 Å². The van der Waals surface area contributed by atoms with Gasteiger partial charge in [-0.2, -0.15) is 10.1 Å². The van der Waals surface area contributed by atoms with Gasteiger partial charge in [-0.15, -0.1) is 0 Å². The van der Waals surface area contributed by atoms with Crippen LogP contribution in [0, 0.1) is 6.92 Å². The topological polar surface area (TPSA) is 73.1 Å². The molecule has 0 aromatic carbocycles. The predicted octanol–water partition coefficient (Wildman–Crippen LogP) is 2.53. The fourth-order valence-electron chi connectivity index (χ4n) is 3.20. The van der Waals surface area contributed by atoms with Crippen LogP contribution in [0.5, 0.6) is 0 Å². The number of hydrogen-bond acceptors (Lipinski definition) is 6. The fourth-order valence-corrected chi connectivity index (χ4v) is 3.20. The van der Waals surface area contributed by atoms with Gasteiger partial charge in [0.15, 0.2) is 5.82 Å². The highest BCUT2D eigenvalue weighted by molar-refractivity contribution is 5.10. The first-order valence-corrected chi connectivity index (χ1v) is 8.32. The summed E-state index contributed by atoms with van der Waals surface area (Å²) in [5, 5.41) is 8.37. The molecular weight excluding hydrogens is 306 g/mol. The van der Waals surface area contributed by atoms with Crippen LogP contribution < -0.4 is 0 Å². The van der Waals surface area contributed by atoms with Crippen molar-refractivity contribution in [2.45, 2.75) is 45.8 Å². The van der Waals surface area contributed by atoms with Crippen LogP contribution in [-0.2, 0) is 26.1 Å². The number of nitrogens with zero attached hydrogens (tertiary/aromatic N) is 5. The van der Waals surface area contributed by atoms with Crippen molar-refractivity contribution < 1.29 is 8.94 Å². The molecule has 0 amide bonds. The van der Waals surface area contributed by atoms with Gasteiger partial charge in [-0.25, -0.2) is 0 Å². The van der Waals surface area contributed by atoms with Crippen LogP contribution >= 0.6 is 0 Å². The van der Waals surface area contributed by atoms with Gasteiger partial charge in [-0.05, 0) is 25.1 Å². The number of fused-ring (bicyclic) bond motifs is 1. The zero-order valence-corrected chi connectivity index (χ0v) is 14.0. The minimum Gasteiger partial charge on any atom is -0.465 e. The van der Waals surface area contributed by atoms with Crippen LogP contribution in [0.2, 0.25) is 0 Å². The molecule has 0 fully saturated rings. The number of aryl methyl sites for hydroxylation is 2. The Hall–Kier alpha value is -2.41. The molecule has 24 heavy (non-hydrogen) atoms.